The van der Waals surface area contributed by atoms with Crippen LogP contribution in [0.3, 0.4) is 0 Å². The number of hydrogen-bond acceptors (Lipinski definition) is 3. The van der Waals surface area contributed by atoms with E-state index in [1.54, 1.807) is 6.92 Å². The summed E-state index contributed by atoms with van der Waals surface area (Å²) in [6.07, 6.45) is 5.65. The Morgan fingerprint density at radius 2 is 1.89 bits per heavy atom. The Morgan fingerprint density at radius 3 is 2.33 bits per heavy atom. The first-order chi connectivity index (χ1) is 8.14. The molecule has 0 aromatic heterocycles. The van der Waals surface area contributed by atoms with Crippen molar-refractivity contribution in [1.82, 2.24) is 4.90 Å². The van der Waals surface area contributed by atoms with Gasteiger partial charge in [0.05, 0.1) is 5.54 Å². The molecular weight excluding hydrogens is 226 g/mol. The molecule has 1 saturated carbocycles. The molecule has 0 aromatic carbocycles. The maximum absolute atomic E-state index is 11.2. The fourth-order valence-corrected chi connectivity index (χ4v) is 2.54. The van der Waals surface area contributed by atoms with Crippen LogP contribution in [0.2, 0.25) is 0 Å². The van der Waals surface area contributed by atoms with Crippen molar-refractivity contribution in [3.05, 3.63) is 0 Å². The summed E-state index contributed by atoms with van der Waals surface area (Å²) in [4.78, 5) is 13.5. The first kappa shape index (κ1) is 15.4. The van der Waals surface area contributed by atoms with Crippen LogP contribution in [-0.2, 0) is 4.79 Å². The zero-order valence-corrected chi connectivity index (χ0v) is 12.3. The Hall–Kier alpha value is -0.610. The van der Waals surface area contributed by atoms with Crippen LogP contribution in [0.5, 0.6) is 0 Å². The summed E-state index contributed by atoms with van der Waals surface area (Å²) in [5, 5.41) is 0. The number of amides is 1. The van der Waals surface area contributed by atoms with Gasteiger partial charge < -0.3 is 16.4 Å². The molecule has 1 aliphatic carbocycles. The van der Waals surface area contributed by atoms with Crippen LogP contribution < -0.4 is 11.5 Å². The minimum absolute atomic E-state index is 0.416. The minimum atomic E-state index is -0.887. The lowest BCUT2D eigenvalue weighted by atomic mass is 9.75. The molecule has 1 atom stereocenters. The van der Waals surface area contributed by atoms with Crippen molar-refractivity contribution in [1.29, 1.82) is 0 Å². The SMILES string of the molecule is CN(CCC(C)(N)C(N)=O)C1CCC(C)(C)CC1. The van der Waals surface area contributed by atoms with E-state index in [4.69, 9.17) is 11.5 Å². The topological polar surface area (TPSA) is 72.3 Å². The van der Waals surface area contributed by atoms with Gasteiger partial charge in [0.15, 0.2) is 0 Å². The molecule has 0 radical (unpaired) electrons. The summed E-state index contributed by atoms with van der Waals surface area (Å²) in [6.45, 7) is 7.23. The summed E-state index contributed by atoms with van der Waals surface area (Å²) < 4.78 is 0. The molecule has 0 bridgehead atoms. The van der Waals surface area contributed by atoms with E-state index in [1.165, 1.54) is 25.7 Å². The average molecular weight is 255 g/mol. The predicted octanol–water partition coefficient (Wildman–Crippen LogP) is 1.48. The van der Waals surface area contributed by atoms with Gasteiger partial charge in [0.2, 0.25) is 5.91 Å². The van der Waals surface area contributed by atoms with E-state index in [9.17, 15) is 4.79 Å². The highest BCUT2D eigenvalue weighted by atomic mass is 16.1. The second kappa shape index (κ2) is 5.57. The zero-order chi connectivity index (χ0) is 14.0. The lowest BCUT2D eigenvalue weighted by molar-refractivity contribution is -0.122. The smallest absolute Gasteiger partial charge is 0.237 e. The fraction of sp³-hybridized carbons (Fsp3) is 0.929. The Bertz CT molecular complexity index is 289. The summed E-state index contributed by atoms with van der Waals surface area (Å²) in [7, 11) is 2.13. The van der Waals surface area contributed by atoms with Gasteiger partial charge in [-0.15, -0.1) is 0 Å². The van der Waals surface area contributed by atoms with E-state index in [2.05, 4.69) is 25.8 Å². The lowest BCUT2D eigenvalue weighted by Gasteiger charge is -2.39. The van der Waals surface area contributed by atoms with Crippen molar-refractivity contribution < 1.29 is 4.79 Å². The summed E-state index contributed by atoms with van der Waals surface area (Å²) in [5.41, 5.74) is 10.8. The average Bonchev–Trinajstić information content (AvgIpc) is 2.25. The van der Waals surface area contributed by atoms with Crippen molar-refractivity contribution >= 4 is 5.91 Å². The first-order valence-corrected chi connectivity index (χ1v) is 6.93. The fourth-order valence-electron chi connectivity index (χ4n) is 2.54. The van der Waals surface area contributed by atoms with Crippen LogP contribution in [0.1, 0.15) is 52.9 Å². The minimum Gasteiger partial charge on any atom is -0.368 e. The van der Waals surface area contributed by atoms with Crippen molar-refractivity contribution in [3.63, 3.8) is 0 Å². The van der Waals surface area contributed by atoms with Crippen LogP contribution in [0.15, 0.2) is 0 Å². The Balaban J connectivity index is 2.38. The highest BCUT2D eigenvalue weighted by Crippen LogP contribution is 2.36. The van der Waals surface area contributed by atoms with Gasteiger partial charge in [-0.1, -0.05) is 13.8 Å². The third-order valence-electron chi connectivity index (χ3n) is 4.48. The molecule has 0 aromatic rings. The van der Waals surface area contributed by atoms with Crippen LogP contribution in [0.4, 0.5) is 0 Å². The van der Waals surface area contributed by atoms with Gasteiger partial charge in [-0.05, 0) is 51.5 Å². The quantitative estimate of drug-likeness (QED) is 0.781. The predicted molar refractivity (Wildman–Crippen MR) is 75.1 cm³/mol. The molecule has 0 spiro atoms. The van der Waals surface area contributed by atoms with E-state index in [1.807, 2.05) is 0 Å². The van der Waals surface area contributed by atoms with Crippen molar-refractivity contribution in [2.75, 3.05) is 13.6 Å². The first-order valence-electron chi connectivity index (χ1n) is 6.93. The van der Waals surface area contributed by atoms with Crippen LogP contribution in [0.25, 0.3) is 0 Å². The van der Waals surface area contributed by atoms with Gasteiger partial charge >= 0.3 is 0 Å². The Labute approximate surface area is 111 Å². The van der Waals surface area contributed by atoms with E-state index in [0.717, 1.165) is 6.54 Å². The molecule has 1 aliphatic rings. The number of hydrogen-bond donors (Lipinski definition) is 2. The van der Waals surface area contributed by atoms with E-state index in [-0.39, 0.29) is 0 Å². The number of rotatable bonds is 5. The van der Waals surface area contributed by atoms with Gasteiger partial charge in [0.1, 0.15) is 0 Å². The third-order valence-corrected chi connectivity index (χ3v) is 4.48. The number of carbonyl (C=O) groups excluding carboxylic acids is 1. The van der Waals surface area contributed by atoms with Crippen LogP contribution in [-0.4, -0.2) is 36.0 Å². The zero-order valence-electron chi connectivity index (χ0n) is 12.3. The number of nitrogens with zero attached hydrogens (tertiary/aromatic N) is 1. The highest BCUT2D eigenvalue weighted by Gasteiger charge is 2.30. The monoisotopic (exact) mass is 255 g/mol. The van der Waals surface area contributed by atoms with Crippen molar-refractivity contribution in [2.24, 2.45) is 16.9 Å². The molecule has 18 heavy (non-hydrogen) atoms. The van der Waals surface area contributed by atoms with Crippen LogP contribution >= 0.6 is 0 Å². The maximum Gasteiger partial charge on any atom is 0.237 e. The molecular formula is C14H29N3O. The van der Waals surface area contributed by atoms with Gasteiger partial charge in [0, 0.05) is 12.6 Å². The van der Waals surface area contributed by atoms with Crippen molar-refractivity contribution in [3.8, 4) is 0 Å². The normalized spacial score (nSPS) is 23.9. The molecule has 0 saturated heterocycles. The summed E-state index contributed by atoms with van der Waals surface area (Å²) >= 11 is 0. The van der Waals surface area contributed by atoms with E-state index >= 15 is 0 Å². The second-order valence-corrected chi connectivity index (χ2v) is 6.91. The molecule has 1 unspecified atom stereocenters. The highest BCUT2D eigenvalue weighted by molar-refractivity contribution is 5.83. The largest absolute Gasteiger partial charge is 0.368 e. The van der Waals surface area contributed by atoms with E-state index in [0.29, 0.717) is 17.9 Å². The summed E-state index contributed by atoms with van der Waals surface area (Å²) in [5.74, 6) is -0.416. The molecule has 106 valence electrons. The molecule has 4 heteroatoms. The molecule has 1 amide bonds. The maximum atomic E-state index is 11.2. The van der Waals surface area contributed by atoms with Crippen molar-refractivity contribution in [2.45, 2.75) is 64.5 Å². The standard InChI is InChI=1S/C14H29N3O/c1-13(2)7-5-11(6-8-13)17(4)10-9-14(3,16)12(15)18/h11H,5-10,16H2,1-4H3,(H2,15,18). The Morgan fingerprint density at radius 1 is 1.39 bits per heavy atom. The molecule has 1 fully saturated rings. The number of carbonyl (C=O) groups is 1. The molecule has 1 rings (SSSR count). The van der Waals surface area contributed by atoms with Crippen LogP contribution in [0, 0.1) is 5.41 Å². The molecule has 4 N–H and O–H groups in total. The summed E-state index contributed by atoms with van der Waals surface area (Å²) in [6, 6.07) is 0.627. The lowest BCUT2D eigenvalue weighted by Crippen LogP contribution is -2.51. The molecule has 0 heterocycles. The third kappa shape index (κ3) is 4.25. The van der Waals surface area contributed by atoms with Gasteiger partial charge in [-0.25, -0.2) is 0 Å². The van der Waals surface area contributed by atoms with Gasteiger partial charge in [0.25, 0.3) is 0 Å². The van der Waals surface area contributed by atoms with Gasteiger partial charge in [-0.3, -0.25) is 4.79 Å². The second-order valence-electron chi connectivity index (χ2n) is 6.91. The van der Waals surface area contributed by atoms with E-state index < -0.39 is 11.4 Å². The molecule has 4 nitrogen and oxygen atoms in total. The Kier molecular flexibility index (Phi) is 4.78. The molecule has 0 aliphatic heterocycles. The number of nitrogens with two attached hydrogens (primary N) is 2. The van der Waals surface area contributed by atoms with Gasteiger partial charge in [-0.2, -0.15) is 0 Å². The number of primary amides is 1.